The van der Waals surface area contributed by atoms with Crippen LogP contribution in [0, 0.1) is 13.8 Å². The summed E-state index contributed by atoms with van der Waals surface area (Å²) in [6, 6.07) is 19.7. The molecule has 0 amide bonds. The largest absolute Gasteiger partial charge is 0.199 e. The average Bonchev–Trinajstić information content (AvgIpc) is 2.33. The van der Waals surface area contributed by atoms with Crippen LogP contribution in [0.5, 0.6) is 0 Å². The third-order valence-electron chi connectivity index (χ3n) is 1.69. The van der Waals surface area contributed by atoms with E-state index in [1.807, 2.05) is 60.7 Å². The van der Waals surface area contributed by atoms with Crippen LogP contribution in [0.4, 0.5) is 0 Å². The summed E-state index contributed by atoms with van der Waals surface area (Å²) in [5.74, 6) is 0. The van der Waals surface area contributed by atoms with Gasteiger partial charge in [-0.25, -0.2) is 0 Å². The molecule has 0 bridgehead atoms. The van der Waals surface area contributed by atoms with Gasteiger partial charge >= 0.3 is 43.0 Å². The number of rotatable bonds is 0. The predicted molar refractivity (Wildman–Crippen MR) is 79.7 cm³/mol. The van der Waals surface area contributed by atoms with Gasteiger partial charge in [-0.05, 0) is 0 Å². The molecule has 0 heterocycles. The smallest absolute Gasteiger partial charge is 0.0866 e. The molecular formula is C14H14Br2Zr. The number of halogens is 2. The van der Waals surface area contributed by atoms with Gasteiger partial charge in [0, 0.05) is 0 Å². The Morgan fingerprint density at radius 1 is 0.647 bits per heavy atom. The zero-order valence-corrected chi connectivity index (χ0v) is 15.1. The van der Waals surface area contributed by atoms with Gasteiger partial charge in [-0.1, -0.05) is 12.1 Å². The van der Waals surface area contributed by atoms with E-state index < -0.39 is 0 Å². The first-order valence-electron chi connectivity index (χ1n) is 4.91. The molecule has 0 aliphatic rings. The molecule has 0 unspecified atom stereocenters. The predicted octanol–water partition coefficient (Wildman–Crippen LogP) is 5.43. The summed E-state index contributed by atoms with van der Waals surface area (Å²) in [4.78, 5) is 0. The minimum absolute atomic E-state index is 0.145. The molecular weight excluding hydrogens is 419 g/mol. The number of hydrogen-bond donors (Lipinski definition) is 0. The first-order chi connectivity index (χ1) is 8.20. The van der Waals surface area contributed by atoms with Crippen LogP contribution in [0.3, 0.4) is 0 Å². The first-order valence-corrected chi connectivity index (χ1v) is 16.1. The summed E-state index contributed by atoms with van der Waals surface area (Å²) >= 11 is 6.32. The molecule has 0 spiro atoms. The summed E-state index contributed by atoms with van der Waals surface area (Å²) < 4.78 is 0. The average molecular weight is 433 g/mol. The molecule has 0 atom stereocenters. The third-order valence-corrected chi connectivity index (χ3v) is 1.69. The second-order valence-electron chi connectivity index (χ2n) is 3.04. The van der Waals surface area contributed by atoms with E-state index in [9.17, 15) is 0 Å². The van der Waals surface area contributed by atoms with Crippen LogP contribution in [-0.4, -0.2) is 0 Å². The van der Waals surface area contributed by atoms with Gasteiger partial charge in [0.1, 0.15) is 0 Å². The van der Waals surface area contributed by atoms with Crippen molar-refractivity contribution < 1.29 is 18.5 Å². The van der Waals surface area contributed by atoms with E-state index in [0.29, 0.717) is 0 Å². The fraction of sp³-hybridized carbons (Fsp3) is 0. The van der Waals surface area contributed by atoms with Gasteiger partial charge in [0.05, 0.1) is 0 Å². The van der Waals surface area contributed by atoms with Crippen LogP contribution in [0.1, 0.15) is 11.1 Å². The molecule has 2 aromatic carbocycles. The van der Waals surface area contributed by atoms with Crippen molar-refractivity contribution in [2.45, 2.75) is 0 Å². The Kier molecular flexibility index (Phi) is 12.5. The molecule has 88 valence electrons. The van der Waals surface area contributed by atoms with Crippen molar-refractivity contribution in [2.75, 3.05) is 0 Å². The van der Waals surface area contributed by atoms with Gasteiger partial charge in [0.25, 0.3) is 0 Å². The first kappa shape index (κ1) is 17.0. The van der Waals surface area contributed by atoms with Crippen molar-refractivity contribution in [3.63, 3.8) is 0 Å². The summed E-state index contributed by atoms with van der Waals surface area (Å²) in [7, 11) is 0. The number of hydrogen-bond acceptors (Lipinski definition) is 0. The normalized spacial score (nSPS) is 7.65. The van der Waals surface area contributed by atoms with Gasteiger partial charge in [-0.3, -0.25) is 0 Å². The summed E-state index contributed by atoms with van der Waals surface area (Å²) in [5.41, 5.74) is 2.14. The van der Waals surface area contributed by atoms with Crippen LogP contribution in [-0.2, 0) is 18.5 Å². The molecule has 2 rings (SSSR count). The maximum absolute atomic E-state index is 3.72. The zero-order valence-electron chi connectivity index (χ0n) is 9.44. The Balaban J connectivity index is 0.000000247. The quantitative estimate of drug-likeness (QED) is 0.487. The molecule has 0 saturated carbocycles. The van der Waals surface area contributed by atoms with E-state index in [1.54, 1.807) is 0 Å². The monoisotopic (exact) mass is 430 g/mol. The van der Waals surface area contributed by atoms with Crippen LogP contribution in [0.25, 0.3) is 0 Å². The molecule has 0 fully saturated rings. The molecule has 0 nitrogen and oxygen atoms in total. The standard InChI is InChI=1S/2C7H7.2BrH.Zr/c2*1-7-5-3-2-4-6-7;;;/h2*2-6H,1H2;2*1H;/q2*-1;;;+4/p-2. The van der Waals surface area contributed by atoms with Crippen molar-refractivity contribution in [2.24, 2.45) is 0 Å². The fourth-order valence-corrected chi connectivity index (χ4v) is 0.956. The molecule has 0 radical (unpaired) electrons. The zero-order chi connectivity index (χ0) is 12.9. The van der Waals surface area contributed by atoms with Gasteiger partial charge < -0.3 is 0 Å². The van der Waals surface area contributed by atoms with Crippen molar-refractivity contribution in [3.05, 3.63) is 85.6 Å². The Labute approximate surface area is 127 Å². The maximum Gasteiger partial charge on any atom is -0.0866 e. The van der Waals surface area contributed by atoms with Crippen molar-refractivity contribution in [3.8, 4) is 0 Å². The summed E-state index contributed by atoms with van der Waals surface area (Å²) in [6.45, 7) is 7.44. The molecule has 0 aliphatic carbocycles. The topological polar surface area (TPSA) is 0 Å². The van der Waals surface area contributed by atoms with Crippen molar-refractivity contribution in [1.29, 1.82) is 0 Å². The Morgan fingerprint density at radius 2 is 0.882 bits per heavy atom. The summed E-state index contributed by atoms with van der Waals surface area (Å²) in [5, 5.41) is 0. The third kappa shape index (κ3) is 12.3. The van der Waals surface area contributed by atoms with Crippen molar-refractivity contribution in [1.82, 2.24) is 0 Å². The van der Waals surface area contributed by atoms with E-state index in [0.717, 1.165) is 11.1 Å². The van der Waals surface area contributed by atoms with E-state index in [1.165, 1.54) is 0 Å². The molecule has 2 aromatic rings. The Bertz CT molecular complexity index is 325. The second kappa shape index (κ2) is 12.5. The minimum atomic E-state index is -0.145. The molecule has 0 saturated heterocycles. The van der Waals surface area contributed by atoms with Gasteiger partial charge in [0.15, 0.2) is 0 Å². The Morgan fingerprint density at radius 3 is 1.00 bits per heavy atom. The van der Waals surface area contributed by atoms with Crippen LogP contribution < -0.4 is 0 Å². The van der Waals surface area contributed by atoms with E-state index in [-0.39, 0.29) is 18.5 Å². The van der Waals surface area contributed by atoms with Gasteiger partial charge in [0.2, 0.25) is 0 Å². The van der Waals surface area contributed by atoms with Gasteiger partial charge in [-0.2, -0.15) is 49.2 Å². The SMILES string of the molecule is [Br][Zr+2][Br].[CH2-]c1ccccc1.[CH2-]c1ccccc1. The minimum Gasteiger partial charge on any atom is -0.199 e. The Hall–Kier alpha value is 0.0231. The molecule has 3 heteroatoms. The summed E-state index contributed by atoms with van der Waals surface area (Å²) in [6.07, 6.45) is 0. The molecule has 0 aromatic heterocycles. The number of benzene rings is 2. The van der Waals surface area contributed by atoms with E-state index in [4.69, 9.17) is 0 Å². The van der Waals surface area contributed by atoms with Crippen LogP contribution in [0.2, 0.25) is 0 Å². The molecule has 0 aliphatic heterocycles. The molecule has 17 heavy (non-hydrogen) atoms. The maximum atomic E-state index is 3.72. The van der Waals surface area contributed by atoms with Gasteiger partial charge in [-0.15, -0.1) is 24.3 Å². The van der Waals surface area contributed by atoms with Crippen LogP contribution in [0.15, 0.2) is 60.7 Å². The van der Waals surface area contributed by atoms with Crippen LogP contribution >= 0.6 is 24.4 Å². The molecule has 0 N–H and O–H groups in total. The van der Waals surface area contributed by atoms with Crippen molar-refractivity contribution >= 4 is 24.4 Å². The van der Waals surface area contributed by atoms with E-state index >= 15 is 0 Å². The van der Waals surface area contributed by atoms with E-state index in [2.05, 4.69) is 38.3 Å². The second-order valence-corrected chi connectivity index (χ2v) is 14.4. The fourth-order valence-electron chi connectivity index (χ4n) is 0.956.